The summed E-state index contributed by atoms with van der Waals surface area (Å²) in [4.78, 5) is 11.7. The van der Waals surface area contributed by atoms with Gasteiger partial charge < -0.3 is 15.7 Å². The molecule has 0 aliphatic heterocycles. The van der Waals surface area contributed by atoms with Crippen LogP contribution in [0.5, 0.6) is 0 Å². The maximum atomic E-state index is 11.7. The van der Waals surface area contributed by atoms with Gasteiger partial charge in [-0.1, -0.05) is 11.6 Å². The standard InChI is InChI=1S/C13H17ClN2O2/c14-9-4-6-10(7-5-9)15-13(18)16-11-2-1-3-12(17)8-11/h4-7,11-12,17H,1-3,8H2,(H2,15,16,18)/t11-,12+/m1/s1. The fraction of sp³-hybridized carbons (Fsp3) is 0.462. The molecule has 1 aliphatic carbocycles. The molecule has 1 aromatic rings. The van der Waals surface area contributed by atoms with E-state index >= 15 is 0 Å². The van der Waals surface area contributed by atoms with Crippen molar-refractivity contribution in [3.63, 3.8) is 0 Å². The van der Waals surface area contributed by atoms with Crippen molar-refractivity contribution in [3.05, 3.63) is 29.3 Å². The zero-order chi connectivity index (χ0) is 13.0. The molecule has 2 amide bonds. The largest absolute Gasteiger partial charge is 0.393 e. The smallest absolute Gasteiger partial charge is 0.319 e. The van der Waals surface area contributed by atoms with Crippen LogP contribution in [0.4, 0.5) is 10.5 Å². The average Bonchev–Trinajstić information content (AvgIpc) is 2.32. The number of aliphatic hydroxyl groups excluding tert-OH is 1. The number of hydrogen-bond donors (Lipinski definition) is 3. The topological polar surface area (TPSA) is 61.4 Å². The SMILES string of the molecule is O=C(Nc1ccc(Cl)cc1)N[C@@H]1CCC[C@H](O)C1. The maximum absolute atomic E-state index is 11.7. The molecule has 1 aliphatic rings. The predicted octanol–water partition coefficient (Wildman–Crippen LogP) is 2.77. The van der Waals surface area contributed by atoms with Crippen molar-refractivity contribution in [1.82, 2.24) is 5.32 Å². The van der Waals surface area contributed by atoms with E-state index in [1.165, 1.54) is 0 Å². The fourth-order valence-corrected chi connectivity index (χ4v) is 2.31. The van der Waals surface area contributed by atoms with E-state index in [9.17, 15) is 9.90 Å². The van der Waals surface area contributed by atoms with Crippen molar-refractivity contribution < 1.29 is 9.90 Å². The second-order valence-electron chi connectivity index (χ2n) is 4.62. The first-order valence-corrected chi connectivity index (χ1v) is 6.52. The number of benzene rings is 1. The van der Waals surface area contributed by atoms with Crippen LogP contribution in [-0.4, -0.2) is 23.3 Å². The van der Waals surface area contributed by atoms with E-state index in [1.54, 1.807) is 24.3 Å². The lowest BCUT2D eigenvalue weighted by atomic mass is 9.93. The Kier molecular flexibility index (Phi) is 4.44. The van der Waals surface area contributed by atoms with Gasteiger partial charge in [0, 0.05) is 16.8 Å². The van der Waals surface area contributed by atoms with E-state index in [2.05, 4.69) is 10.6 Å². The first-order chi connectivity index (χ1) is 8.63. The molecule has 98 valence electrons. The fourth-order valence-electron chi connectivity index (χ4n) is 2.18. The van der Waals surface area contributed by atoms with Gasteiger partial charge in [0.15, 0.2) is 0 Å². The minimum Gasteiger partial charge on any atom is -0.393 e. The summed E-state index contributed by atoms with van der Waals surface area (Å²) in [5.74, 6) is 0. The van der Waals surface area contributed by atoms with Crippen molar-refractivity contribution in [2.75, 3.05) is 5.32 Å². The number of nitrogens with one attached hydrogen (secondary N) is 2. The minimum atomic E-state index is -0.292. The van der Waals surface area contributed by atoms with Crippen LogP contribution in [0.15, 0.2) is 24.3 Å². The molecule has 1 saturated carbocycles. The zero-order valence-corrected chi connectivity index (χ0v) is 10.8. The van der Waals surface area contributed by atoms with Gasteiger partial charge in [-0.15, -0.1) is 0 Å². The Balaban J connectivity index is 1.83. The molecule has 0 bridgehead atoms. The van der Waals surface area contributed by atoms with Gasteiger partial charge in [0.1, 0.15) is 0 Å². The van der Waals surface area contributed by atoms with Crippen LogP contribution in [0.3, 0.4) is 0 Å². The van der Waals surface area contributed by atoms with Crippen LogP contribution in [0.2, 0.25) is 5.02 Å². The quantitative estimate of drug-likeness (QED) is 0.772. The molecule has 18 heavy (non-hydrogen) atoms. The Bertz CT molecular complexity index is 408. The number of halogens is 1. The van der Waals surface area contributed by atoms with Crippen LogP contribution < -0.4 is 10.6 Å². The van der Waals surface area contributed by atoms with Crippen molar-refractivity contribution in [3.8, 4) is 0 Å². The Morgan fingerprint density at radius 2 is 2.00 bits per heavy atom. The van der Waals surface area contributed by atoms with Gasteiger partial charge >= 0.3 is 6.03 Å². The van der Waals surface area contributed by atoms with Crippen molar-refractivity contribution in [1.29, 1.82) is 0 Å². The molecular formula is C13H17ClN2O2. The summed E-state index contributed by atoms with van der Waals surface area (Å²) in [5, 5.41) is 15.8. The maximum Gasteiger partial charge on any atom is 0.319 e. The van der Waals surface area contributed by atoms with Crippen LogP contribution in [0, 0.1) is 0 Å². The summed E-state index contributed by atoms with van der Waals surface area (Å²) in [5.41, 5.74) is 0.702. The first-order valence-electron chi connectivity index (χ1n) is 6.14. The highest BCUT2D eigenvalue weighted by Gasteiger charge is 2.21. The molecule has 4 nitrogen and oxygen atoms in total. The number of urea groups is 1. The van der Waals surface area contributed by atoms with Gasteiger partial charge in [-0.2, -0.15) is 0 Å². The van der Waals surface area contributed by atoms with Gasteiger partial charge in [0.25, 0.3) is 0 Å². The molecule has 0 heterocycles. The van der Waals surface area contributed by atoms with Gasteiger partial charge in [-0.25, -0.2) is 4.79 Å². The molecule has 0 saturated heterocycles. The molecule has 0 unspecified atom stereocenters. The summed E-state index contributed by atoms with van der Waals surface area (Å²) in [6.07, 6.45) is 3.04. The highest BCUT2D eigenvalue weighted by molar-refractivity contribution is 6.30. The molecule has 3 N–H and O–H groups in total. The molecule has 2 atom stereocenters. The van der Waals surface area contributed by atoms with Crippen LogP contribution in [0.25, 0.3) is 0 Å². The van der Waals surface area contributed by atoms with Gasteiger partial charge in [-0.05, 0) is 49.9 Å². The predicted molar refractivity (Wildman–Crippen MR) is 71.9 cm³/mol. The molecule has 2 rings (SSSR count). The van der Waals surface area contributed by atoms with Crippen molar-refractivity contribution >= 4 is 23.3 Å². The summed E-state index contributed by atoms with van der Waals surface area (Å²) in [6, 6.07) is 6.76. The second-order valence-corrected chi connectivity index (χ2v) is 5.06. The van der Waals surface area contributed by atoms with Crippen molar-refractivity contribution in [2.45, 2.75) is 37.8 Å². The van der Waals surface area contributed by atoms with E-state index in [-0.39, 0.29) is 18.2 Å². The lowest BCUT2D eigenvalue weighted by Crippen LogP contribution is -2.41. The Morgan fingerprint density at radius 3 is 2.67 bits per heavy atom. The van der Waals surface area contributed by atoms with E-state index < -0.39 is 0 Å². The molecular weight excluding hydrogens is 252 g/mol. The lowest BCUT2D eigenvalue weighted by Gasteiger charge is -2.26. The molecule has 0 radical (unpaired) electrons. The minimum absolute atomic E-state index is 0.0565. The molecule has 5 heteroatoms. The average molecular weight is 269 g/mol. The van der Waals surface area contributed by atoms with Crippen LogP contribution >= 0.6 is 11.6 Å². The van der Waals surface area contributed by atoms with E-state index in [0.717, 1.165) is 19.3 Å². The van der Waals surface area contributed by atoms with Gasteiger partial charge in [0.2, 0.25) is 0 Å². The van der Waals surface area contributed by atoms with Crippen molar-refractivity contribution in [2.24, 2.45) is 0 Å². The number of anilines is 1. The Hall–Kier alpha value is -1.26. The first kappa shape index (κ1) is 13.2. The summed E-state index contributed by atoms with van der Waals surface area (Å²) < 4.78 is 0. The molecule has 1 fully saturated rings. The van der Waals surface area contributed by atoms with E-state index in [0.29, 0.717) is 17.1 Å². The summed E-state index contributed by atoms with van der Waals surface area (Å²) in [7, 11) is 0. The summed E-state index contributed by atoms with van der Waals surface area (Å²) >= 11 is 5.76. The third-order valence-corrected chi connectivity index (χ3v) is 3.34. The van der Waals surface area contributed by atoms with E-state index in [1.807, 2.05) is 0 Å². The molecule has 1 aromatic carbocycles. The third kappa shape index (κ3) is 3.89. The Morgan fingerprint density at radius 1 is 1.28 bits per heavy atom. The third-order valence-electron chi connectivity index (χ3n) is 3.08. The summed E-state index contributed by atoms with van der Waals surface area (Å²) in [6.45, 7) is 0. The number of carbonyl (C=O) groups excluding carboxylic acids is 1. The van der Waals surface area contributed by atoms with Crippen LogP contribution in [0.1, 0.15) is 25.7 Å². The number of aliphatic hydroxyl groups is 1. The second kappa shape index (κ2) is 6.07. The molecule has 0 spiro atoms. The van der Waals surface area contributed by atoms with Crippen LogP contribution in [-0.2, 0) is 0 Å². The number of amides is 2. The normalized spacial score (nSPS) is 23.4. The Labute approximate surface area is 111 Å². The lowest BCUT2D eigenvalue weighted by molar-refractivity contribution is 0.114. The number of hydrogen-bond acceptors (Lipinski definition) is 2. The molecule has 0 aromatic heterocycles. The van der Waals surface area contributed by atoms with Gasteiger partial charge in [0.05, 0.1) is 6.10 Å². The monoisotopic (exact) mass is 268 g/mol. The number of carbonyl (C=O) groups is 1. The van der Waals surface area contributed by atoms with E-state index in [4.69, 9.17) is 11.6 Å². The van der Waals surface area contributed by atoms with Gasteiger partial charge in [-0.3, -0.25) is 0 Å². The highest BCUT2D eigenvalue weighted by Crippen LogP contribution is 2.18. The highest BCUT2D eigenvalue weighted by atomic mass is 35.5. The zero-order valence-electron chi connectivity index (χ0n) is 10.0. The number of rotatable bonds is 2.